The summed E-state index contributed by atoms with van der Waals surface area (Å²) < 4.78 is 79.3. The van der Waals surface area contributed by atoms with Gasteiger partial charge < -0.3 is 10.2 Å². The molecule has 2 nitrogen and oxygen atoms in total. The predicted octanol–water partition coefficient (Wildman–Crippen LogP) is 2.35. The van der Waals surface area contributed by atoms with Crippen LogP contribution in [0.15, 0.2) is 24.1 Å². The fourth-order valence-electron chi connectivity index (χ4n) is 1.86. The van der Waals surface area contributed by atoms with E-state index in [4.69, 9.17) is 0 Å². The third-order valence-electron chi connectivity index (χ3n) is 2.89. The highest BCUT2D eigenvalue weighted by atomic mass is 19.2. The van der Waals surface area contributed by atoms with E-state index in [2.05, 4.69) is 0 Å². The molecule has 0 saturated heterocycles. The van der Waals surface area contributed by atoms with Crippen molar-refractivity contribution in [1.82, 2.24) is 0 Å². The molecule has 2 N–H and O–H groups in total. The Bertz CT molecular complexity index is 610. The largest absolute Gasteiger partial charge is 0.382 e. The minimum atomic E-state index is -3.11. The molecule has 0 aliphatic heterocycles. The fourth-order valence-corrected chi connectivity index (χ4v) is 1.86. The molecule has 0 radical (unpaired) electrons. The molecule has 0 saturated carbocycles. The van der Waals surface area contributed by atoms with Crippen LogP contribution in [0.4, 0.5) is 26.3 Å². The van der Waals surface area contributed by atoms with Crippen LogP contribution in [0.1, 0.15) is 5.56 Å². The standard InChI is InChI=1S/C12H6F6O2/c13-4-2-1-3-12(20,11(4)19)5-6(14)8(16)10(18)9(17)7(5)15/h1-3,11,19-20H. The number of hydrogen-bond acceptors (Lipinski definition) is 2. The average molecular weight is 296 g/mol. The van der Waals surface area contributed by atoms with Crippen molar-refractivity contribution in [1.29, 1.82) is 0 Å². The zero-order chi connectivity index (χ0) is 15.2. The van der Waals surface area contributed by atoms with E-state index in [0.717, 1.165) is 6.08 Å². The molecular formula is C12H6F6O2. The molecule has 20 heavy (non-hydrogen) atoms. The van der Waals surface area contributed by atoms with E-state index < -0.39 is 52.2 Å². The van der Waals surface area contributed by atoms with Crippen molar-refractivity contribution in [3.05, 3.63) is 58.7 Å². The Balaban J connectivity index is 2.77. The normalized spacial score (nSPS) is 25.8. The van der Waals surface area contributed by atoms with Crippen LogP contribution in [-0.2, 0) is 5.60 Å². The quantitative estimate of drug-likeness (QED) is 0.474. The van der Waals surface area contributed by atoms with Gasteiger partial charge in [0.05, 0.1) is 5.56 Å². The minimum absolute atomic E-state index is 0.527. The summed E-state index contributed by atoms with van der Waals surface area (Å²) in [5.41, 5.74) is -4.83. The van der Waals surface area contributed by atoms with Crippen LogP contribution in [0, 0.1) is 29.1 Å². The molecule has 0 heterocycles. The maximum atomic E-state index is 13.6. The Morgan fingerprint density at radius 3 is 1.80 bits per heavy atom. The number of hydrogen-bond donors (Lipinski definition) is 2. The lowest BCUT2D eigenvalue weighted by atomic mass is 9.83. The Hall–Kier alpha value is -1.80. The van der Waals surface area contributed by atoms with Crippen LogP contribution < -0.4 is 0 Å². The summed E-state index contributed by atoms with van der Waals surface area (Å²) in [6.45, 7) is 0. The van der Waals surface area contributed by atoms with Gasteiger partial charge in [0.25, 0.3) is 0 Å². The summed E-state index contributed by atoms with van der Waals surface area (Å²) >= 11 is 0. The van der Waals surface area contributed by atoms with Crippen molar-refractivity contribution in [2.45, 2.75) is 11.7 Å². The van der Waals surface area contributed by atoms with Gasteiger partial charge in [-0.3, -0.25) is 0 Å². The molecule has 0 spiro atoms. The first-order valence-corrected chi connectivity index (χ1v) is 5.19. The number of benzene rings is 1. The van der Waals surface area contributed by atoms with Gasteiger partial charge in [0.15, 0.2) is 23.3 Å². The van der Waals surface area contributed by atoms with Gasteiger partial charge in [0.2, 0.25) is 5.82 Å². The number of aliphatic hydroxyl groups is 2. The second-order valence-corrected chi connectivity index (χ2v) is 4.08. The van der Waals surface area contributed by atoms with Crippen LogP contribution in [0.25, 0.3) is 0 Å². The van der Waals surface area contributed by atoms with Crippen molar-refractivity contribution in [2.24, 2.45) is 0 Å². The second-order valence-electron chi connectivity index (χ2n) is 4.08. The van der Waals surface area contributed by atoms with E-state index >= 15 is 0 Å². The van der Waals surface area contributed by atoms with Crippen LogP contribution in [-0.4, -0.2) is 16.3 Å². The number of rotatable bonds is 1. The Morgan fingerprint density at radius 2 is 1.30 bits per heavy atom. The van der Waals surface area contributed by atoms with Crippen molar-refractivity contribution < 1.29 is 36.6 Å². The van der Waals surface area contributed by atoms with Crippen LogP contribution >= 0.6 is 0 Å². The average Bonchev–Trinajstić information content (AvgIpc) is 2.40. The van der Waals surface area contributed by atoms with E-state index in [1.807, 2.05) is 0 Å². The van der Waals surface area contributed by atoms with E-state index in [1.165, 1.54) is 0 Å². The molecule has 0 amide bonds. The summed E-state index contributed by atoms with van der Waals surface area (Å²) in [7, 11) is 0. The van der Waals surface area contributed by atoms with Crippen molar-refractivity contribution in [2.75, 3.05) is 0 Å². The predicted molar refractivity (Wildman–Crippen MR) is 54.5 cm³/mol. The molecule has 0 fully saturated rings. The Morgan fingerprint density at radius 1 is 0.850 bits per heavy atom. The van der Waals surface area contributed by atoms with Crippen molar-refractivity contribution in [3.63, 3.8) is 0 Å². The molecule has 1 aliphatic carbocycles. The lowest BCUT2D eigenvalue weighted by Gasteiger charge is -2.32. The van der Waals surface area contributed by atoms with Crippen molar-refractivity contribution >= 4 is 0 Å². The first-order chi connectivity index (χ1) is 9.21. The number of allylic oxidation sites excluding steroid dienone is 2. The van der Waals surface area contributed by atoms with Crippen molar-refractivity contribution in [3.8, 4) is 0 Å². The second kappa shape index (κ2) is 4.64. The fraction of sp³-hybridized carbons (Fsp3) is 0.167. The van der Waals surface area contributed by atoms with E-state index in [0.29, 0.717) is 12.2 Å². The summed E-state index contributed by atoms with van der Waals surface area (Å²) in [6, 6.07) is 0. The number of aliphatic hydroxyl groups excluding tert-OH is 1. The zero-order valence-electron chi connectivity index (χ0n) is 9.47. The van der Waals surface area contributed by atoms with Gasteiger partial charge in [-0.25, -0.2) is 26.3 Å². The van der Waals surface area contributed by atoms with E-state index in [-0.39, 0.29) is 0 Å². The molecular weight excluding hydrogens is 290 g/mol. The monoisotopic (exact) mass is 296 g/mol. The maximum Gasteiger partial charge on any atom is 0.200 e. The minimum Gasteiger partial charge on any atom is -0.382 e. The highest BCUT2D eigenvalue weighted by molar-refractivity contribution is 5.39. The topological polar surface area (TPSA) is 40.5 Å². The maximum absolute atomic E-state index is 13.6. The first kappa shape index (κ1) is 14.6. The Kier molecular flexibility index (Phi) is 3.39. The molecule has 0 bridgehead atoms. The van der Waals surface area contributed by atoms with Gasteiger partial charge in [-0.15, -0.1) is 0 Å². The molecule has 0 aromatic heterocycles. The smallest absolute Gasteiger partial charge is 0.200 e. The Labute approximate surface area is 108 Å². The van der Waals surface area contributed by atoms with Crippen LogP contribution in [0.2, 0.25) is 0 Å². The summed E-state index contributed by atoms with van der Waals surface area (Å²) in [6.07, 6.45) is -0.523. The molecule has 2 unspecified atom stereocenters. The third-order valence-corrected chi connectivity index (χ3v) is 2.89. The van der Waals surface area contributed by atoms with E-state index in [9.17, 15) is 36.6 Å². The zero-order valence-corrected chi connectivity index (χ0v) is 9.47. The van der Waals surface area contributed by atoms with Gasteiger partial charge in [-0.1, -0.05) is 6.08 Å². The van der Waals surface area contributed by atoms with Gasteiger partial charge >= 0.3 is 0 Å². The highest BCUT2D eigenvalue weighted by Crippen LogP contribution is 2.38. The third kappa shape index (κ3) is 1.83. The molecule has 2 rings (SSSR count). The molecule has 1 aromatic carbocycles. The summed E-state index contributed by atoms with van der Waals surface area (Å²) in [5.74, 6) is -13.1. The molecule has 1 aromatic rings. The lowest BCUT2D eigenvalue weighted by Crippen LogP contribution is -2.41. The van der Waals surface area contributed by atoms with Gasteiger partial charge in [-0.2, -0.15) is 0 Å². The first-order valence-electron chi connectivity index (χ1n) is 5.19. The van der Waals surface area contributed by atoms with E-state index in [1.54, 1.807) is 0 Å². The van der Waals surface area contributed by atoms with Gasteiger partial charge in [0, 0.05) is 0 Å². The van der Waals surface area contributed by atoms with Gasteiger partial charge in [-0.05, 0) is 12.2 Å². The highest BCUT2D eigenvalue weighted by Gasteiger charge is 2.46. The molecule has 1 aliphatic rings. The van der Waals surface area contributed by atoms with Gasteiger partial charge in [0.1, 0.15) is 17.5 Å². The van der Waals surface area contributed by atoms with Crippen LogP contribution in [0.5, 0.6) is 0 Å². The summed E-state index contributed by atoms with van der Waals surface area (Å²) in [5, 5.41) is 19.4. The number of halogens is 6. The SMILES string of the molecule is OC1C(F)=CC=CC1(O)c1c(F)c(F)c(F)c(F)c1F. The van der Waals surface area contributed by atoms with Crippen LogP contribution in [0.3, 0.4) is 0 Å². The lowest BCUT2D eigenvalue weighted by molar-refractivity contribution is -0.0412. The summed E-state index contributed by atoms with van der Waals surface area (Å²) in [4.78, 5) is 0. The molecule has 108 valence electrons. The molecule has 8 heteroatoms. The molecule has 2 atom stereocenters.